The topological polar surface area (TPSA) is 105 Å². The van der Waals surface area contributed by atoms with Crippen LogP contribution in [0.4, 0.5) is 5.95 Å². The Balaban J connectivity index is 1.59. The summed E-state index contributed by atoms with van der Waals surface area (Å²) in [6.45, 7) is 4.48. The van der Waals surface area contributed by atoms with Crippen LogP contribution in [0.3, 0.4) is 0 Å². The zero-order valence-corrected chi connectivity index (χ0v) is 18.7. The van der Waals surface area contributed by atoms with Gasteiger partial charge in [0.05, 0.1) is 12.3 Å². The Hall–Kier alpha value is -3.04. The third-order valence-electron chi connectivity index (χ3n) is 5.98. The van der Waals surface area contributed by atoms with Crippen molar-refractivity contribution in [2.75, 3.05) is 58.3 Å². The highest BCUT2D eigenvalue weighted by atomic mass is 16.5. The third-order valence-corrected chi connectivity index (χ3v) is 5.98. The molecule has 4 rings (SSSR count). The molecule has 3 heterocycles. The molecule has 2 aliphatic heterocycles. The molecule has 170 valence electrons. The first-order valence-electron chi connectivity index (χ1n) is 11.0. The van der Waals surface area contributed by atoms with E-state index in [-0.39, 0.29) is 12.0 Å². The van der Waals surface area contributed by atoms with Gasteiger partial charge in [0.2, 0.25) is 17.8 Å². The highest BCUT2D eigenvalue weighted by Crippen LogP contribution is 2.32. The van der Waals surface area contributed by atoms with Gasteiger partial charge in [-0.3, -0.25) is 14.5 Å². The fourth-order valence-electron chi connectivity index (χ4n) is 4.18. The number of carbonyl (C=O) groups excluding carboxylic acids is 2. The summed E-state index contributed by atoms with van der Waals surface area (Å²) in [4.78, 5) is 39.0. The predicted molar refractivity (Wildman–Crippen MR) is 121 cm³/mol. The van der Waals surface area contributed by atoms with Crippen molar-refractivity contribution in [2.45, 2.75) is 18.9 Å². The van der Waals surface area contributed by atoms with Crippen LogP contribution >= 0.6 is 0 Å². The second-order valence-corrected chi connectivity index (χ2v) is 8.45. The molecule has 2 saturated heterocycles. The van der Waals surface area contributed by atoms with Crippen LogP contribution in [0.25, 0.3) is 11.1 Å². The van der Waals surface area contributed by atoms with Gasteiger partial charge in [-0.2, -0.15) is 0 Å². The molecular formula is C23H30N6O3. The van der Waals surface area contributed by atoms with Gasteiger partial charge in [-0.1, -0.05) is 12.1 Å². The second-order valence-electron chi connectivity index (χ2n) is 8.45. The summed E-state index contributed by atoms with van der Waals surface area (Å²) >= 11 is 0. The van der Waals surface area contributed by atoms with Gasteiger partial charge in [0, 0.05) is 70.6 Å². The van der Waals surface area contributed by atoms with Crippen LogP contribution in [0.15, 0.2) is 30.5 Å². The fraction of sp³-hybridized carbons (Fsp3) is 0.478. The number of nitrogens with zero attached hydrogens (tertiary/aromatic N) is 5. The van der Waals surface area contributed by atoms with Crippen LogP contribution in [-0.4, -0.2) is 85.0 Å². The number of ether oxygens (including phenoxy) is 1. The Morgan fingerprint density at radius 3 is 2.84 bits per heavy atom. The van der Waals surface area contributed by atoms with Crippen molar-refractivity contribution in [3.8, 4) is 11.1 Å². The zero-order chi connectivity index (χ0) is 22.7. The van der Waals surface area contributed by atoms with Crippen LogP contribution < -0.4 is 10.6 Å². The fourth-order valence-corrected chi connectivity index (χ4v) is 4.18. The standard InChI is InChI=1S/C23H30N6O3/c1-27(2)23-25-14-18(16-5-3-6-17(13-16)22(24)31)21(26-23)19-15-28(11-12-32-19)9-10-29-8-4-7-20(29)30/h3,5-6,13-14,19H,4,7-12,15H2,1-2H3,(H2,24,31). The summed E-state index contributed by atoms with van der Waals surface area (Å²) in [6, 6.07) is 7.18. The van der Waals surface area contributed by atoms with Crippen LogP contribution in [0, 0.1) is 0 Å². The SMILES string of the molecule is CN(C)c1ncc(-c2cccc(C(N)=O)c2)c(C2CN(CCN3CCCC3=O)CCO2)n1. The third kappa shape index (κ3) is 4.89. The molecule has 32 heavy (non-hydrogen) atoms. The lowest BCUT2D eigenvalue weighted by Crippen LogP contribution is -2.43. The van der Waals surface area contributed by atoms with Crippen molar-refractivity contribution >= 4 is 17.8 Å². The van der Waals surface area contributed by atoms with Gasteiger partial charge in [-0.25, -0.2) is 9.97 Å². The number of hydrogen-bond acceptors (Lipinski definition) is 7. The molecule has 2 N–H and O–H groups in total. The molecule has 2 aromatic rings. The highest BCUT2D eigenvalue weighted by Gasteiger charge is 2.28. The maximum Gasteiger partial charge on any atom is 0.248 e. The second kappa shape index (κ2) is 9.62. The van der Waals surface area contributed by atoms with Gasteiger partial charge in [0.25, 0.3) is 0 Å². The number of likely N-dealkylation sites (tertiary alicyclic amines) is 1. The van der Waals surface area contributed by atoms with Gasteiger partial charge in [0.1, 0.15) is 6.10 Å². The van der Waals surface area contributed by atoms with Crippen LogP contribution in [0.5, 0.6) is 0 Å². The molecule has 0 aliphatic carbocycles. The molecule has 0 saturated carbocycles. The minimum atomic E-state index is -0.476. The summed E-state index contributed by atoms with van der Waals surface area (Å²) in [7, 11) is 3.79. The first-order chi connectivity index (χ1) is 15.4. The van der Waals surface area contributed by atoms with E-state index < -0.39 is 5.91 Å². The Kier molecular flexibility index (Phi) is 6.66. The lowest BCUT2D eigenvalue weighted by Gasteiger charge is -2.34. The quantitative estimate of drug-likeness (QED) is 0.695. The Bertz CT molecular complexity index is 995. The molecule has 1 aromatic carbocycles. The number of benzene rings is 1. The van der Waals surface area contributed by atoms with Crippen molar-refractivity contribution in [1.29, 1.82) is 0 Å². The zero-order valence-electron chi connectivity index (χ0n) is 18.7. The maximum atomic E-state index is 11.9. The Labute approximate surface area is 188 Å². The van der Waals surface area contributed by atoms with Gasteiger partial charge in [-0.15, -0.1) is 0 Å². The maximum absolute atomic E-state index is 11.9. The molecule has 0 bridgehead atoms. The summed E-state index contributed by atoms with van der Waals surface area (Å²) in [5, 5.41) is 0. The molecule has 2 aliphatic rings. The highest BCUT2D eigenvalue weighted by molar-refractivity contribution is 5.94. The van der Waals surface area contributed by atoms with E-state index in [9.17, 15) is 9.59 Å². The number of morpholine rings is 1. The minimum absolute atomic E-state index is 0.244. The number of amides is 2. The molecule has 1 unspecified atom stereocenters. The van der Waals surface area contributed by atoms with Crippen molar-refractivity contribution in [3.05, 3.63) is 41.7 Å². The van der Waals surface area contributed by atoms with E-state index >= 15 is 0 Å². The molecule has 0 spiro atoms. The molecular weight excluding hydrogens is 408 g/mol. The number of anilines is 1. The van der Waals surface area contributed by atoms with E-state index in [4.69, 9.17) is 15.5 Å². The first-order valence-corrected chi connectivity index (χ1v) is 11.0. The number of primary amides is 1. The minimum Gasteiger partial charge on any atom is -0.369 e. The number of nitrogens with two attached hydrogens (primary N) is 1. The van der Waals surface area contributed by atoms with Gasteiger partial charge in [0.15, 0.2) is 0 Å². The van der Waals surface area contributed by atoms with Crippen LogP contribution in [0.1, 0.15) is 35.0 Å². The van der Waals surface area contributed by atoms with E-state index in [1.807, 2.05) is 30.0 Å². The predicted octanol–water partition coefficient (Wildman–Crippen LogP) is 1.30. The Morgan fingerprint density at radius 2 is 2.12 bits per heavy atom. The molecule has 2 amide bonds. The van der Waals surface area contributed by atoms with Gasteiger partial charge >= 0.3 is 0 Å². The largest absolute Gasteiger partial charge is 0.369 e. The smallest absolute Gasteiger partial charge is 0.248 e. The van der Waals surface area contributed by atoms with Gasteiger partial charge in [-0.05, 0) is 24.1 Å². The monoisotopic (exact) mass is 438 g/mol. The van der Waals surface area contributed by atoms with E-state index in [1.54, 1.807) is 24.4 Å². The van der Waals surface area contributed by atoms with E-state index in [2.05, 4.69) is 9.88 Å². The summed E-state index contributed by atoms with van der Waals surface area (Å²) in [5.74, 6) is 0.367. The van der Waals surface area contributed by atoms with E-state index in [0.29, 0.717) is 31.1 Å². The average molecular weight is 439 g/mol. The van der Waals surface area contributed by atoms with Crippen molar-refractivity contribution in [3.63, 3.8) is 0 Å². The molecule has 1 aromatic heterocycles. The first kappa shape index (κ1) is 22.2. The van der Waals surface area contributed by atoms with Crippen molar-refractivity contribution in [2.24, 2.45) is 5.73 Å². The molecule has 0 radical (unpaired) electrons. The van der Waals surface area contributed by atoms with Crippen molar-refractivity contribution in [1.82, 2.24) is 19.8 Å². The number of hydrogen-bond donors (Lipinski definition) is 1. The Morgan fingerprint density at radius 1 is 1.28 bits per heavy atom. The number of rotatable bonds is 7. The summed E-state index contributed by atoms with van der Waals surface area (Å²) in [5.41, 5.74) is 8.35. The normalized spacial score (nSPS) is 19.4. The summed E-state index contributed by atoms with van der Waals surface area (Å²) < 4.78 is 6.14. The van der Waals surface area contributed by atoms with E-state index in [1.165, 1.54) is 0 Å². The molecule has 9 nitrogen and oxygen atoms in total. The van der Waals surface area contributed by atoms with Gasteiger partial charge < -0.3 is 20.3 Å². The average Bonchev–Trinajstić information content (AvgIpc) is 3.22. The number of carbonyl (C=O) groups is 2. The molecule has 1 atom stereocenters. The van der Waals surface area contributed by atoms with Crippen LogP contribution in [-0.2, 0) is 9.53 Å². The lowest BCUT2D eigenvalue weighted by molar-refractivity contribution is -0.128. The van der Waals surface area contributed by atoms with E-state index in [0.717, 1.165) is 49.4 Å². The number of aromatic nitrogens is 2. The van der Waals surface area contributed by atoms with Crippen molar-refractivity contribution < 1.29 is 14.3 Å². The van der Waals surface area contributed by atoms with Crippen LogP contribution in [0.2, 0.25) is 0 Å². The molecule has 9 heteroatoms. The summed E-state index contributed by atoms with van der Waals surface area (Å²) in [6.07, 6.45) is 3.15. The lowest BCUT2D eigenvalue weighted by atomic mass is 9.99. The molecule has 2 fully saturated rings.